The van der Waals surface area contributed by atoms with Crippen molar-refractivity contribution in [3.05, 3.63) is 45.3 Å². The van der Waals surface area contributed by atoms with Crippen molar-refractivity contribution in [1.29, 1.82) is 0 Å². The van der Waals surface area contributed by atoms with E-state index in [-0.39, 0.29) is 35.9 Å². The number of amides is 2. The summed E-state index contributed by atoms with van der Waals surface area (Å²) in [4.78, 5) is 35.9. The van der Waals surface area contributed by atoms with Crippen molar-refractivity contribution < 1.29 is 23.6 Å². The molecular weight excluding hydrogens is 553 g/mol. The molecule has 1 atom stereocenters. The van der Waals surface area contributed by atoms with Crippen LogP contribution in [0.1, 0.15) is 45.3 Å². The number of anilines is 1. The smallest absolute Gasteiger partial charge is 0.410 e. The molecule has 3 aromatic rings. The van der Waals surface area contributed by atoms with E-state index in [4.69, 9.17) is 37.2 Å². The van der Waals surface area contributed by atoms with Gasteiger partial charge in [0.25, 0.3) is 0 Å². The summed E-state index contributed by atoms with van der Waals surface area (Å²) in [7, 11) is 0. The molecule has 2 amide bonds. The van der Waals surface area contributed by atoms with Gasteiger partial charge in [0.2, 0.25) is 11.8 Å². The Balaban J connectivity index is 1.15. The Bertz CT molecular complexity index is 1350. The molecule has 2 aromatic heterocycles. The van der Waals surface area contributed by atoms with E-state index in [1.165, 1.54) is 11.3 Å². The van der Waals surface area contributed by atoms with Crippen LogP contribution in [0.25, 0.3) is 11.3 Å². The van der Waals surface area contributed by atoms with E-state index in [0.717, 1.165) is 18.4 Å². The number of nitrogens with zero attached hydrogens (tertiary/aromatic N) is 4. The lowest BCUT2D eigenvalue weighted by Gasteiger charge is -2.40. The molecule has 1 N–H and O–H groups in total. The Morgan fingerprint density at radius 3 is 2.76 bits per heavy atom. The molecule has 1 aliphatic heterocycles. The van der Waals surface area contributed by atoms with Gasteiger partial charge in [-0.1, -0.05) is 28.4 Å². The van der Waals surface area contributed by atoms with Gasteiger partial charge in [0.15, 0.2) is 11.0 Å². The average molecular weight is 580 g/mol. The number of aromatic nitrogens is 3. The summed E-state index contributed by atoms with van der Waals surface area (Å²) in [5.74, 6) is 0.247. The highest BCUT2D eigenvalue weighted by molar-refractivity contribution is 7.14. The topological polar surface area (TPSA) is 120 Å². The first kappa shape index (κ1) is 26.9. The molecule has 1 spiro atoms. The second kappa shape index (κ2) is 10.4. The third-order valence-electron chi connectivity index (χ3n) is 6.18. The van der Waals surface area contributed by atoms with Gasteiger partial charge in [-0.3, -0.25) is 9.69 Å². The minimum Gasteiger partial charge on any atom is -0.444 e. The zero-order chi connectivity index (χ0) is 27.1. The van der Waals surface area contributed by atoms with Crippen LogP contribution in [-0.4, -0.2) is 62.4 Å². The van der Waals surface area contributed by atoms with Crippen molar-refractivity contribution in [3.63, 3.8) is 0 Å². The van der Waals surface area contributed by atoms with Gasteiger partial charge >= 0.3 is 6.09 Å². The second-order valence-corrected chi connectivity index (χ2v) is 12.1. The molecule has 1 unspecified atom stereocenters. The van der Waals surface area contributed by atoms with Gasteiger partial charge in [-0.15, -0.1) is 11.3 Å². The van der Waals surface area contributed by atoms with Crippen LogP contribution in [0.5, 0.6) is 0 Å². The van der Waals surface area contributed by atoms with E-state index >= 15 is 0 Å². The first-order valence-electron chi connectivity index (χ1n) is 12.1. The second-order valence-electron chi connectivity index (χ2n) is 10.4. The van der Waals surface area contributed by atoms with Gasteiger partial charge in [-0.05, 0) is 51.8 Å². The van der Waals surface area contributed by atoms with Crippen molar-refractivity contribution >= 4 is 51.7 Å². The zero-order valence-electron chi connectivity index (χ0n) is 21.1. The molecule has 10 nitrogen and oxygen atoms in total. The highest BCUT2D eigenvalue weighted by Crippen LogP contribution is 2.45. The molecule has 202 valence electrons. The minimum atomic E-state index is -0.577. The third kappa shape index (κ3) is 6.28. The lowest BCUT2D eigenvalue weighted by atomic mass is 10.1. The first-order valence-corrected chi connectivity index (χ1v) is 13.8. The number of nitrogens with one attached hydrogen (secondary N) is 1. The van der Waals surface area contributed by atoms with Gasteiger partial charge in [-0.2, -0.15) is 4.98 Å². The Hall–Kier alpha value is -2.73. The van der Waals surface area contributed by atoms with Crippen molar-refractivity contribution in [3.8, 4) is 11.3 Å². The predicted octanol–water partition coefficient (Wildman–Crippen LogP) is 5.39. The van der Waals surface area contributed by atoms with E-state index in [2.05, 4.69) is 20.4 Å². The highest BCUT2D eigenvalue weighted by atomic mass is 35.5. The van der Waals surface area contributed by atoms with E-state index in [9.17, 15) is 9.59 Å². The van der Waals surface area contributed by atoms with E-state index in [0.29, 0.717) is 46.3 Å². The normalized spacial score (nSPS) is 18.4. The molecule has 1 aromatic carbocycles. The molecule has 0 radical (unpaired) electrons. The van der Waals surface area contributed by atoms with E-state index < -0.39 is 5.60 Å². The van der Waals surface area contributed by atoms with Crippen LogP contribution < -0.4 is 5.32 Å². The number of rotatable bonds is 6. The van der Waals surface area contributed by atoms with Crippen molar-refractivity contribution in [2.24, 2.45) is 0 Å². The molecular formula is C25H27Cl2N5O5S. The van der Waals surface area contributed by atoms with Gasteiger partial charge in [0, 0.05) is 16.0 Å². The lowest BCUT2D eigenvalue weighted by molar-refractivity contribution is -0.115. The van der Waals surface area contributed by atoms with Crippen LogP contribution in [0.3, 0.4) is 0 Å². The maximum atomic E-state index is 12.8. The monoisotopic (exact) mass is 579 g/mol. The van der Waals surface area contributed by atoms with Gasteiger partial charge in [-0.25, -0.2) is 9.78 Å². The fraction of sp³-hybridized carbons (Fsp3) is 0.480. The Kier molecular flexibility index (Phi) is 7.38. The maximum Gasteiger partial charge on any atom is 0.410 e. The van der Waals surface area contributed by atoms with Gasteiger partial charge < -0.3 is 19.3 Å². The molecule has 0 bridgehead atoms. The number of hydrogen-bond donors (Lipinski definition) is 1. The maximum absolute atomic E-state index is 12.8. The molecule has 2 fully saturated rings. The molecule has 1 aliphatic carbocycles. The fourth-order valence-corrected chi connectivity index (χ4v) is 5.40. The summed E-state index contributed by atoms with van der Waals surface area (Å²) < 4.78 is 17.0. The van der Waals surface area contributed by atoms with Gasteiger partial charge in [0.05, 0.1) is 48.4 Å². The highest BCUT2D eigenvalue weighted by Gasteiger charge is 2.55. The van der Waals surface area contributed by atoms with Crippen LogP contribution in [0.15, 0.2) is 28.1 Å². The standard InChI is InChI=1S/C25H27Cl2N5O5S/c1-24(2,3)36-23(34)32-11-15(35-13-25(32)6-7-25)9-21-29-19(31-37-21)10-20(33)30-22-28-18(12-38-22)16-5-4-14(26)8-17(16)27/h4-5,8,12,15H,6-7,9-11,13H2,1-3H3,(H,28,30,33). The Morgan fingerprint density at radius 2 is 2.05 bits per heavy atom. The SMILES string of the molecule is CC(C)(C)OC(=O)N1CC(Cc2nc(CC(=O)Nc3nc(-c4ccc(Cl)cc4Cl)cs3)no2)OCC12CC2. The lowest BCUT2D eigenvalue weighted by Crippen LogP contribution is -2.55. The van der Waals surface area contributed by atoms with Crippen molar-refractivity contribution in [2.45, 2.75) is 63.7 Å². The molecule has 5 rings (SSSR count). The predicted molar refractivity (Wildman–Crippen MR) is 143 cm³/mol. The van der Waals surface area contributed by atoms with E-state index in [1.54, 1.807) is 28.5 Å². The number of hydrogen-bond acceptors (Lipinski definition) is 9. The molecule has 1 saturated carbocycles. The number of ether oxygens (including phenoxy) is 2. The summed E-state index contributed by atoms with van der Waals surface area (Å²) in [6.45, 7) is 6.36. The van der Waals surface area contributed by atoms with Crippen LogP contribution in [0, 0.1) is 0 Å². The average Bonchev–Trinajstić information content (AvgIpc) is 3.21. The van der Waals surface area contributed by atoms with Crippen molar-refractivity contribution in [2.75, 3.05) is 18.5 Å². The quantitative estimate of drug-likeness (QED) is 0.412. The molecule has 1 saturated heterocycles. The summed E-state index contributed by atoms with van der Waals surface area (Å²) in [5, 5.41) is 9.90. The summed E-state index contributed by atoms with van der Waals surface area (Å²) in [6.07, 6.45) is 1.37. The summed E-state index contributed by atoms with van der Waals surface area (Å²) >= 11 is 13.5. The summed E-state index contributed by atoms with van der Waals surface area (Å²) in [5.41, 5.74) is 0.505. The Morgan fingerprint density at radius 1 is 1.26 bits per heavy atom. The minimum absolute atomic E-state index is 0.0845. The molecule has 2 aliphatic rings. The third-order valence-corrected chi connectivity index (χ3v) is 7.48. The first-order chi connectivity index (χ1) is 18.0. The molecule has 13 heteroatoms. The van der Waals surface area contributed by atoms with Crippen LogP contribution in [-0.2, 0) is 27.1 Å². The summed E-state index contributed by atoms with van der Waals surface area (Å²) in [6, 6.07) is 5.15. The van der Waals surface area contributed by atoms with Crippen LogP contribution >= 0.6 is 34.5 Å². The largest absolute Gasteiger partial charge is 0.444 e. The molecule has 38 heavy (non-hydrogen) atoms. The number of thiazole rings is 1. The number of halogens is 2. The molecule has 3 heterocycles. The number of morpholine rings is 1. The van der Waals surface area contributed by atoms with E-state index in [1.807, 2.05) is 20.8 Å². The fourth-order valence-electron chi connectivity index (χ4n) is 4.17. The van der Waals surface area contributed by atoms with Crippen molar-refractivity contribution in [1.82, 2.24) is 20.0 Å². The van der Waals surface area contributed by atoms with Crippen LogP contribution in [0.2, 0.25) is 10.0 Å². The number of carbonyl (C=O) groups excluding carboxylic acids is 2. The Labute approximate surface area is 233 Å². The van der Waals surface area contributed by atoms with Gasteiger partial charge in [0.1, 0.15) is 5.60 Å². The zero-order valence-corrected chi connectivity index (χ0v) is 23.5. The number of carbonyl (C=O) groups is 2. The number of benzene rings is 1. The van der Waals surface area contributed by atoms with Crippen LogP contribution in [0.4, 0.5) is 9.93 Å².